The molecule has 0 aromatic heterocycles. The van der Waals surface area contributed by atoms with Crippen molar-refractivity contribution in [3.63, 3.8) is 0 Å². The lowest BCUT2D eigenvalue weighted by atomic mass is 9.78. The Kier molecular flexibility index (Phi) is 3.63. The summed E-state index contributed by atoms with van der Waals surface area (Å²) in [5.41, 5.74) is 0. The van der Waals surface area contributed by atoms with E-state index in [1.807, 2.05) is 0 Å². The lowest BCUT2D eigenvalue weighted by molar-refractivity contribution is 0.0450. The standard InChI is InChI=1S/C13H22O/c14-13(11-7-3-1-4-8-11)12-9-5-2-6-10-12/h3,7,11-14H,1-2,4-6,8-10H2/t11-,13-/m1/s1. The van der Waals surface area contributed by atoms with E-state index in [0.717, 1.165) is 0 Å². The molecule has 0 radical (unpaired) electrons. The van der Waals surface area contributed by atoms with Gasteiger partial charge in [0.2, 0.25) is 0 Å². The van der Waals surface area contributed by atoms with E-state index in [1.54, 1.807) is 0 Å². The first-order valence-corrected chi connectivity index (χ1v) is 6.22. The molecule has 0 bridgehead atoms. The van der Waals surface area contributed by atoms with Gasteiger partial charge in [-0.25, -0.2) is 0 Å². The molecule has 1 heteroatoms. The van der Waals surface area contributed by atoms with Crippen LogP contribution in [0.2, 0.25) is 0 Å². The highest BCUT2D eigenvalue weighted by molar-refractivity contribution is 4.97. The third-order valence-electron chi connectivity index (χ3n) is 3.86. The fraction of sp³-hybridized carbons (Fsp3) is 0.846. The Morgan fingerprint density at radius 1 is 1.00 bits per heavy atom. The molecule has 1 fully saturated rings. The van der Waals surface area contributed by atoms with E-state index in [4.69, 9.17) is 0 Å². The fourth-order valence-corrected chi connectivity index (χ4v) is 2.95. The van der Waals surface area contributed by atoms with E-state index in [-0.39, 0.29) is 6.10 Å². The molecule has 2 rings (SSSR count). The van der Waals surface area contributed by atoms with Gasteiger partial charge in [0, 0.05) is 5.92 Å². The Bertz CT molecular complexity index is 191. The van der Waals surface area contributed by atoms with Crippen molar-refractivity contribution in [2.24, 2.45) is 11.8 Å². The van der Waals surface area contributed by atoms with Gasteiger partial charge in [-0.2, -0.15) is 0 Å². The van der Waals surface area contributed by atoms with Crippen LogP contribution in [-0.2, 0) is 0 Å². The summed E-state index contributed by atoms with van der Waals surface area (Å²) >= 11 is 0. The van der Waals surface area contributed by atoms with Crippen molar-refractivity contribution < 1.29 is 5.11 Å². The highest BCUT2D eigenvalue weighted by Gasteiger charge is 2.27. The zero-order valence-corrected chi connectivity index (χ0v) is 8.99. The largest absolute Gasteiger partial charge is 0.392 e. The number of rotatable bonds is 2. The molecule has 1 nitrogen and oxygen atoms in total. The van der Waals surface area contributed by atoms with Crippen LogP contribution < -0.4 is 0 Å². The average Bonchev–Trinajstić information content (AvgIpc) is 2.30. The first kappa shape index (κ1) is 10.2. The van der Waals surface area contributed by atoms with Gasteiger partial charge in [-0.05, 0) is 38.0 Å². The summed E-state index contributed by atoms with van der Waals surface area (Å²) in [6, 6.07) is 0. The molecule has 0 saturated heterocycles. The Hall–Kier alpha value is -0.300. The average molecular weight is 194 g/mol. The predicted molar refractivity (Wildman–Crippen MR) is 59.1 cm³/mol. The van der Waals surface area contributed by atoms with Crippen LogP contribution in [0.15, 0.2) is 12.2 Å². The molecular weight excluding hydrogens is 172 g/mol. The zero-order valence-electron chi connectivity index (χ0n) is 8.99. The summed E-state index contributed by atoms with van der Waals surface area (Å²) in [6.07, 6.45) is 14.7. The molecule has 2 aliphatic carbocycles. The number of aliphatic hydroxyl groups is 1. The normalized spacial score (nSPS) is 31.6. The van der Waals surface area contributed by atoms with E-state index in [2.05, 4.69) is 12.2 Å². The summed E-state index contributed by atoms with van der Waals surface area (Å²) in [5.74, 6) is 1.06. The van der Waals surface area contributed by atoms with E-state index in [9.17, 15) is 5.11 Å². The molecule has 0 aliphatic heterocycles. The van der Waals surface area contributed by atoms with Gasteiger partial charge in [0.25, 0.3) is 0 Å². The summed E-state index contributed by atoms with van der Waals surface area (Å²) in [5, 5.41) is 10.2. The van der Waals surface area contributed by atoms with Gasteiger partial charge >= 0.3 is 0 Å². The molecule has 2 aliphatic rings. The molecule has 80 valence electrons. The quantitative estimate of drug-likeness (QED) is 0.669. The van der Waals surface area contributed by atoms with Gasteiger partial charge in [-0.1, -0.05) is 31.4 Å². The summed E-state index contributed by atoms with van der Waals surface area (Å²) < 4.78 is 0. The van der Waals surface area contributed by atoms with E-state index in [1.165, 1.54) is 51.4 Å². The number of hydrogen-bond donors (Lipinski definition) is 1. The van der Waals surface area contributed by atoms with Crippen LogP contribution in [0.5, 0.6) is 0 Å². The second-order valence-electron chi connectivity index (χ2n) is 4.91. The minimum atomic E-state index is -0.0492. The summed E-state index contributed by atoms with van der Waals surface area (Å²) in [6.45, 7) is 0. The molecular formula is C13H22O. The van der Waals surface area contributed by atoms with E-state index in [0.29, 0.717) is 11.8 Å². The fourth-order valence-electron chi connectivity index (χ4n) is 2.95. The third-order valence-corrected chi connectivity index (χ3v) is 3.86. The van der Waals surface area contributed by atoms with Crippen molar-refractivity contribution >= 4 is 0 Å². The molecule has 0 aromatic rings. The van der Waals surface area contributed by atoms with Crippen LogP contribution in [0.1, 0.15) is 51.4 Å². The van der Waals surface area contributed by atoms with Crippen molar-refractivity contribution in [2.45, 2.75) is 57.5 Å². The second-order valence-corrected chi connectivity index (χ2v) is 4.91. The van der Waals surface area contributed by atoms with E-state index >= 15 is 0 Å². The second kappa shape index (κ2) is 4.97. The Labute approximate surface area is 87.2 Å². The van der Waals surface area contributed by atoms with Gasteiger partial charge < -0.3 is 5.11 Å². The first-order chi connectivity index (χ1) is 6.88. The van der Waals surface area contributed by atoms with Gasteiger partial charge in [0.1, 0.15) is 0 Å². The Morgan fingerprint density at radius 3 is 2.43 bits per heavy atom. The maximum Gasteiger partial charge on any atom is 0.0630 e. The van der Waals surface area contributed by atoms with Crippen LogP contribution in [-0.4, -0.2) is 11.2 Å². The van der Waals surface area contributed by atoms with Gasteiger partial charge in [0.15, 0.2) is 0 Å². The van der Waals surface area contributed by atoms with Crippen LogP contribution in [0.4, 0.5) is 0 Å². The van der Waals surface area contributed by atoms with Crippen LogP contribution in [0, 0.1) is 11.8 Å². The summed E-state index contributed by atoms with van der Waals surface area (Å²) in [4.78, 5) is 0. The molecule has 14 heavy (non-hydrogen) atoms. The highest BCUT2D eigenvalue weighted by atomic mass is 16.3. The molecule has 0 spiro atoms. The van der Waals surface area contributed by atoms with Crippen molar-refractivity contribution in [3.05, 3.63) is 12.2 Å². The number of hydrogen-bond acceptors (Lipinski definition) is 1. The Morgan fingerprint density at radius 2 is 1.79 bits per heavy atom. The van der Waals surface area contributed by atoms with Crippen molar-refractivity contribution in [1.82, 2.24) is 0 Å². The molecule has 2 atom stereocenters. The number of aliphatic hydroxyl groups excluding tert-OH is 1. The maximum absolute atomic E-state index is 10.2. The molecule has 1 N–H and O–H groups in total. The van der Waals surface area contributed by atoms with Gasteiger partial charge in [-0.3, -0.25) is 0 Å². The molecule has 0 heterocycles. The molecule has 0 amide bonds. The third kappa shape index (κ3) is 2.38. The molecule has 1 saturated carbocycles. The SMILES string of the molecule is O[C@@H](C1CCCCC1)[C@@H]1C=CCCC1. The van der Waals surface area contributed by atoms with Crippen molar-refractivity contribution in [2.75, 3.05) is 0 Å². The van der Waals surface area contributed by atoms with Crippen molar-refractivity contribution in [3.8, 4) is 0 Å². The highest BCUT2D eigenvalue weighted by Crippen LogP contribution is 2.32. The maximum atomic E-state index is 10.2. The predicted octanol–water partition coefficient (Wildman–Crippen LogP) is 3.28. The smallest absolute Gasteiger partial charge is 0.0630 e. The van der Waals surface area contributed by atoms with Gasteiger partial charge in [-0.15, -0.1) is 0 Å². The molecule has 0 unspecified atom stereocenters. The van der Waals surface area contributed by atoms with Crippen molar-refractivity contribution in [1.29, 1.82) is 0 Å². The first-order valence-electron chi connectivity index (χ1n) is 6.22. The number of allylic oxidation sites excluding steroid dienone is 1. The summed E-state index contributed by atoms with van der Waals surface area (Å²) in [7, 11) is 0. The lowest BCUT2D eigenvalue weighted by Crippen LogP contribution is -2.30. The minimum absolute atomic E-state index is 0.0492. The lowest BCUT2D eigenvalue weighted by Gasteiger charge is -2.32. The van der Waals surface area contributed by atoms with Gasteiger partial charge in [0.05, 0.1) is 6.10 Å². The monoisotopic (exact) mass is 194 g/mol. The zero-order chi connectivity index (χ0) is 9.80. The molecule has 0 aromatic carbocycles. The Balaban J connectivity index is 1.88. The van der Waals surface area contributed by atoms with E-state index < -0.39 is 0 Å². The minimum Gasteiger partial charge on any atom is -0.392 e. The van der Waals surface area contributed by atoms with Crippen LogP contribution >= 0.6 is 0 Å². The van der Waals surface area contributed by atoms with Crippen LogP contribution in [0.3, 0.4) is 0 Å². The topological polar surface area (TPSA) is 20.2 Å². The van der Waals surface area contributed by atoms with Crippen LogP contribution in [0.25, 0.3) is 0 Å².